The van der Waals surface area contributed by atoms with Crippen molar-refractivity contribution in [3.8, 4) is 5.75 Å². The van der Waals surface area contributed by atoms with Crippen LogP contribution in [-0.4, -0.2) is 24.3 Å². The second kappa shape index (κ2) is 11.6. The van der Waals surface area contributed by atoms with E-state index in [1.807, 2.05) is 6.92 Å². The van der Waals surface area contributed by atoms with Gasteiger partial charge in [0.25, 0.3) is 0 Å². The highest BCUT2D eigenvalue weighted by molar-refractivity contribution is 7.10. The number of hydrogen-bond donors (Lipinski definition) is 1. The number of thiophene rings is 1. The van der Waals surface area contributed by atoms with Crippen LogP contribution in [0.25, 0.3) is 5.57 Å². The Morgan fingerprint density at radius 2 is 1.88 bits per heavy atom. The normalized spacial score (nSPS) is 13.3. The van der Waals surface area contributed by atoms with E-state index in [2.05, 4.69) is 0 Å². The van der Waals surface area contributed by atoms with Crippen LogP contribution in [0.5, 0.6) is 5.75 Å². The first-order valence-electron chi connectivity index (χ1n) is 10.2. The Kier molecular flexibility index (Phi) is 9.42. The zero-order valence-electron chi connectivity index (χ0n) is 18.4. The third-order valence-electron chi connectivity index (χ3n) is 5.02. The summed E-state index contributed by atoms with van der Waals surface area (Å²) in [5.41, 5.74) is 0.876. The SMILES string of the molecule is CC/C(=C\CC(C)OC)c1csc(C(F)(F)F)c1COc1c(F)cc(CCC(=O)O)cc1F. The van der Waals surface area contributed by atoms with Gasteiger partial charge in [0, 0.05) is 19.1 Å². The van der Waals surface area contributed by atoms with E-state index in [4.69, 9.17) is 14.6 Å². The Labute approximate surface area is 192 Å². The van der Waals surface area contributed by atoms with E-state index in [-0.39, 0.29) is 30.1 Å². The first kappa shape index (κ1) is 26.8. The number of halogens is 5. The van der Waals surface area contributed by atoms with Crippen LogP contribution in [0, 0.1) is 11.6 Å². The average Bonchev–Trinajstić information content (AvgIpc) is 3.16. The van der Waals surface area contributed by atoms with Gasteiger partial charge < -0.3 is 14.6 Å². The van der Waals surface area contributed by atoms with Gasteiger partial charge in [0.05, 0.1) is 6.10 Å². The molecule has 1 aromatic heterocycles. The lowest BCUT2D eigenvalue weighted by Crippen LogP contribution is -2.10. The molecule has 33 heavy (non-hydrogen) atoms. The molecule has 1 heterocycles. The van der Waals surface area contributed by atoms with Gasteiger partial charge in [0.2, 0.25) is 0 Å². The maximum atomic E-state index is 14.4. The molecule has 1 unspecified atom stereocenters. The van der Waals surface area contributed by atoms with Gasteiger partial charge in [-0.15, -0.1) is 11.3 Å². The van der Waals surface area contributed by atoms with Gasteiger partial charge in [-0.25, -0.2) is 8.78 Å². The standard InChI is InChI=1S/C23H25F5O4S/c1-4-15(7-5-13(2)31-3)17-12-33-22(23(26,27)28)16(17)11-32-21-18(24)9-14(10-19(21)25)6-8-20(29)30/h7,9-10,12-13H,4-6,8,11H2,1-3H3,(H,29,30)/b15-7+. The molecule has 1 N–H and O–H groups in total. The highest BCUT2D eigenvalue weighted by Crippen LogP contribution is 2.41. The number of ether oxygens (including phenoxy) is 2. The predicted octanol–water partition coefficient (Wildman–Crippen LogP) is 6.86. The number of hydrogen-bond acceptors (Lipinski definition) is 4. The summed E-state index contributed by atoms with van der Waals surface area (Å²) in [5, 5.41) is 10.1. The molecule has 0 spiro atoms. The van der Waals surface area contributed by atoms with Crippen molar-refractivity contribution in [3.05, 3.63) is 56.8 Å². The third-order valence-corrected chi connectivity index (χ3v) is 6.09. The van der Waals surface area contributed by atoms with Crippen LogP contribution in [0.4, 0.5) is 22.0 Å². The molecule has 2 rings (SSSR count). The molecule has 2 aromatic rings. The number of rotatable bonds is 11. The van der Waals surface area contributed by atoms with Crippen LogP contribution in [0.15, 0.2) is 23.6 Å². The fourth-order valence-corrected chi connectivity index (χ4v) is 4.15. The van der Waals surface area contributed by atoms with Crippen molar-refractivity contribution in [2.24, 2.45) is 0 Å². The molecule has 0 radical (unpaired) electrons. The van der Waals surface area contributed by atoms with Crippen molar-refractivity contribution in [1.82, 2.24) is 0 Å². The fourth-order valence-electron chi connectivity index (χ4n) is 3.17. The lowest BCUT2D eigenvalue weighted by Gasteiger charge is -2.15. The minimum Gasteiger partial charge on any atom is -0.483 e. The summed E-state index contributed by atoms with van der Waals surface area (Å²) in [4.78, 5) is 9.76. The maximum Gasteiger partial charge on any atom is 0.426 e. The van der Waals surface area contributed by atoms with E-state index in [1.54, 1.807) is 13.0 Å². The summed E-state index contributed by atoms with van der Waals surface area (Å²) in [6, 6.07) is 1.84. The Hall–Kier alpha value is -2.46. The van der Waals surface area contributed by atoms with Gasteiger partial charge in [-0.05, 0) is 60.4 Å². The summed E-state index contributed by atoms with van der Waals surface area (Å²) >= 11 is 0.502. The van der Waals surface area contributed by atoms with Crippen molar-refractivity contribution in [3.63, 3.8) is 0 Å². The zero-order valence-corrected chi connectivity index (χ0v) is 19.2. The van der Waals surface area contributed by atoms with E-state index >= 15 is 0 Å². The zero-order chi connectivity index (χ0) is 24.8. The van der Waals surface area contributed by atoms with Gasteiger partial charge in [-0.2, -0.15) is 13.2 Å². The van der Waals surface area contributed by atoms with Gasteiger partial charge in [0.1, 0.15) is 11.5 Å². The highest BCUT2D eigenvalue weighted by Gasteiger charge is 2.37. The molecule has 4 nitrogen and oxygen atoms in total. The smallest absolute Gasteiger partial charge is 0.426 e. The number of alkyl halides is 3. The second-order valence-electron chi connectivity index (χ2n) is 7.39. The second-order valence-corrected chi connectivity index (χ2v) is 8.27. The van der Waals surface area contributed by atoms with E-state index in [1.165, 1.54) is 12.5 Å². The minimum absolute atomic E-state index is 0.0963. The number of benzene rings is 1. The number of carboxylic acids is 1. The van der Waals surface area contributed by atoms with E-state index < -0.39 is 41.0 Å². The summed E-state index contributed by atoms with van der Waals surface area (Å²) < 4.78 is 80.0. The maximum absolute atomic E-state index is 14.4. The Morgan fingerprint density at radius 1 is 1.24 bits per heavy atom. The van der Waals surface area contributed by atoms with Gasteiger partial charge in [0.15, 0.2) is 17.4 Å². The van der Waals surface area contributed by atoms with Gasteiger partial charge >= 0.3 is 12.1 Å². The average molecular weight is 493 g/mol. The Balaban J connectivity index is 2.36. The van der Waals surface area contributed by atoms with Crippen molar-refractivity contribution in [2.45, 2.75) is 58.4 Å². The molecule has 182 valence electrons. The largest absolute Gasteiger partial charge is 0.483 e. The highest BCUT2D eigenvalue weighted by atomic mass is 32.1. The first-order chi connectivity index (χ1) is 15.5. The summed E-state index contributed by atoms with van der Waals surface area (Å²) in [5.74, 6) is -4.16. The molecular weight excluding hydrogens is 467 g/mol. The Bertz CT molecular complexity index is 974. The third kappa shape index (κ3) is 7.26. The van der Waals surface area contributed by atoms with Crippen LogP contribution in [0.3, 0.4) is 0 Å². The molecule has 0 saturated carbocycles. The van der Waals surface area contributed by atoms with E-state index in [9.17, 15) is 26.7 Å². The van der Waals surface area contributed by atoms with Crippen LogP contribution < -0.4 is 4.74 Å². The number of methoxy groups -OCH3 is 1. The van der Waals surface area contributed by atoms with Crippen molar-refractivity contribution in [2.75, 3.05) is 7.11 Å². The monoisotopic (exact) mass is 492 g/mol. The molecule has 10 heteroatoms. The van der Waals surface area contributed by atoms with Crippen molar-refractivity contribution >= 4 is 22.9 Å². The van der Waals surface area contributed by atoms with E-state index in [0.717, 1.165) is 12.1 Å². The molecule has 0 amide bonds. The number of aliphatic carboxylic acids is 1. The molecule has 0 aliphatic heterocycles. The molecule has 0 saturated heterocycles. The molecular formula is C23H25F5O4S. The van der Waals surface area contributed by atoms with Crippen LogP contribution in [-0.2, 0) is 28.7 Å². The fraction of sp³-hybridized carbons (Fsp3) is 0.435. The quantitative estimate of drug-likeness (QED) is 0.348. The van der Waals surface area contributed by atoms with Gasteiger partial charge in [-0.3, -0.25) is 4.79 Å². The number of aryl methyl sites for hydroxylation is 1. The number of allylic oxidation sites excluding steroid dienone is 1. The number of carbonyl (C=O) groups is 1. The first-order valence-corrected chi connectivity index (χ1v) is 11.1. The van der Waals surface area contributed by atoms with Crippen molar-refractivity contribution in [1.29, 1.82) is 0 Å². The van der Waals surface area contributed by atoms with Crippen molar-refractivity contribution < 1.29 is 41.3 Å². The number of carboxylic acid groups (broad SMARTS) is 1. The summed E-state index contributed by atoms with van der Waals surface area (Å²) in [7, 11) is 1.53. The molecule has 0 aliphatic rings. The topological polar surface area (TPSA) is 55.8 Å². The molecule has 0 bridgehead atoms. The van der Waals surface area contributed by atoms with Crippen LogP contribution >= 0.6 is 11.3 Å². The lowest BCUT2D eigenvalue weighted by atomic mass is 9.99. The minimum atomic E-state index is -4.65. The van der Waals surface area contributed by atoms with E-state index in [0.29, 0.717) is 35.3 Å². The summed E-state index contributed by atoms with van der Waals surface area (Å²) in [6.07, 6.45) is -2.48. The molecule has 0 fully saturated rings. The summed E-state index contributed by atoms with van der Waals surface area (Å²) in [6.45, 7) is 2.94. The molecule has 0 aliphatic carbocycles. The van der Waals surface area contributed by atoms with Gasteiger partial charge in [-0.1, -0.05) is 13.0 Å². The Morgan fingerprint density at radius 3 is 2.39 bits per heavy atom. The molecule has 1 aromatic carbocycles. The van der Waals surface area contributed by atoms with Crippen LogP contribution in [0.2, 0.25) is 0 Å². The van der Waals surface area contributed by atoms with Crippen LogP contribution in [0.1, 0.15) is 54.7 Å². The molecule has 1 atom stereocenters. The lowest BCUT2D eigenvalue weighted by molar-refractivity contribution is -0.137. The predicted molar refractivity (Wildman–Crippen MR) is 115 cm³/mol.